The van der Waals surface area contributed by atoms with E-state index in [0.717, 1.165) is 21.6 Å². The zero-order valence-electron chi connectivity index (χ0n) is 11.3. The Morgan fingerprint density at radius 3 is 2.71 bits per heavy atom. The topological polar surface area (TPSA) is 49.6 Å². The first kappa shape index (κ1) is 15.5. The van der Waals surface area contributed by atoms with Gasteiger partial charge in [-0.15, -0.1) is 0 Å². The Morgan fingerprint density at radius 1 is 1.29 bits per heavy atom. The van der Waals surface area contributed by atoms with Crippen LogP contribution in [0.1, 0.15) is 12.7 Å². The van der Waals surface area contributed by atoms with Crippen LogP contribution in [0.25, 0.3) is 6.08 Å². The lowest BCUT2D eigenvalue weighted by molar-refractivity contribution is 0.557. The smallest absolute Gasteiger partial charge is 0.191 e. The molecule has 21 heavy (non-hydrogen) atoms. The summed E-state index contributed by atoms with van der Waals surface area (Å²) in [5, 5.41) is 7.64. The fourth-order valence-electron chi connectivity index (χ4n) is 1.46. The summed E-state index contributed by atoms with van der Waals surface area (Å²) in [6, 6.07) is 11.4. The Kier molecular flexibility index (Phi) is 5.71. The van der Waals surface area contributed by atoms with Gasteiger partial charge < -0.3 is 9.73 Å². The lowest BCUT2D eigenvalue weighted by Gasteiger charge is -2.07. The quantitative estimate of drug-likeness (QED) is 0.479. The number of hydrogen-bond donors (Lipinski definition) is 2. The van der Waals surface area contributed by atoms with E-state index in [4.69, 9.17) is 16.6 Å². The van der Waals surface area contributed by atoms with E-state index in [1.807, 2.05) is 55.5 Å². The second-order valence-corrected chi connectivity index (χ2v) is 5.50. The van der Waals surface area contributed by atoms with Gasteiger partial charge in [-0.05, 0) is 67.7 Å². The lowest BCUT2D eigenvalue weighted by atomic mass is 10.3. The van der Waals surface area contributed by atoms with Gasteiger partial charge in [-0.3, -0.25) is 5.43 Å². The number of hydrazone groups is 1. The zero-order chi connectivity index (χ0) is 15.1. The molecule has 0 saturated carbocycles. The molecule has 0 aliphatic carbocycles. The number of hydrogen-bond acceptors (Lipinski definition) is 3. The molecule has 0 bridgehead atoms. The SMILES string of the molecule is CC(C=Cc1ccco1)=NNC(=S)Nc1ccc(Br)cc1. The van der Waals surface area contributed by atoms with Gasteiger partial charge in [0.05, 0.1) is 12.0 Å². The summed E-state index contributed by atoms with van der Waals surface area (Å²) >= 11 is 8.55. The first-order valence-corrected chi connectivity index (χ1v) is 7.42. The summed E-state index contributed by atoms with van der Waals surface area (Å²) in [6.07, 6.45) is 5.31. The molecule has 0 aliphatic heterocycles. The molecule has 6 heteroatoms. The molecule has 2 rings (SSSR count). The summed E-state index contributed by atoms with van der Waals surface area (Å²) in [6.45, 7) is 1.87. The normalized spacial score (nSPS) is 11.6. The van der Waals surface area contributed by atoms with Crippen molar-refractivity contribution in [1.82, 2.24) is 5.43 Å². The molecule has 0 spiro atoms. The largest absolute Gasteiger partial charge is 0.465 e. The molecule has 0 unspecified atom stereocenters. The zero-order valence-corrected chi connectivity index (χ0v) is 13.7. The van der Waals surface area contributed by atoms with Crippen molar-refractivity contribution in [3.05, 3.63) is 59.0 Å². The number of nitrogens with zero attached hydrogens (tertiary/aromatic N) is 1. The maximum Gasteiger partial charge on any atom is 0.191 e. The van der Waals surface area contributed by atoms with Gasteiger partial charge in [-0.25, -0.2) is 0 Å². The van der Waals surface area contributed by atoms with Crippen molar-refractivity contribution in [2.24, 2.45) is 5.10 Å². The number of nitrogens with one attached hydrogen (secondary N) is 2. The fourth-order valence-corrected chi connectivity index (χ4v) is 1.89. The number of halogens is 1. The minimum atomic E-state index is 0.433. The van der Waals surface area contributed by atoms with E-state index in [-0.39, 0.29) is 0 Å². The summed E-state index contributed by atoms with van der Waals surface area (Å²) in [5.74, 6) is 0.778. The fraction of sp³-hybridized carbons (Fsp3) is 0.0667. The predicted molar refractivity (Wildman–Crippen MR) is 94.3 cm³/mol. The molecule has 0 radical (unpaired) electrons. The van der Waals surface area contributed by atoms with E-state index in [1.54, 1.807) is 6.26 Å². The van der Waals surface area contributed by atoms with Crippen LogP contribution in [0.2, 0.25) is 0 Å². The minimum absolute atomic E-state index is 0.433. The molecule has 1 aromatic carbocycles. The van der Waals surface area contributed by atoms with Crippen LogP contribution < -0.4 is 10.7 Å². The van der Waals surface area contributed by atoms with Crippen LogP contribution in [0.3, 0.4) is 0 Å². The minimum Gasteiger partial charge on any atom is -0.465 e. The van der Waals surface area contributed by atoms with E-state index in [2.05, 4.69) is 31.8 Å². The van der Waals surface area contributed by atoms with Crippen molar-refractivity contribution in [2.75, 3.05) is 5.32 Å². The van der Waals surface area contributed by atoms with Crippen molar-refractivity contribution in [1.29, 1.82) is 0 Å². The molecule has 0 amide bonds. The molecule has 0 fully saturated rings. The molecular formula is C15H14BrN3OS. The van der Waals surface area contributed by atoms with Gasteiger partial charge in [0.15, 0.2) is 5.11 Å². The maximum absolute atomic E-state index is 5.19. The monoisotopic (exact) mass is 363 g/mol. The Hall–Kier alpha value is -1.92. The summed E-state index contributed by atoms with van der Waals surface area (Å²) in [7, 11) is 0. The van der Waals surface area contributed by atoms with Crippen molar-refractivity contribution < 1.29 is 4.42 Å². The summed E-state index contributed by atoms with van der Waals surface area (Å²) in [5.41, 5.74) is 4.47. The Labute approximate surface area is 137 Å². The third-order valence-corrected chi connectivity index (χ3v) is 3.19. The predicted octanol–water partition coefficient (Wildman–Crippen LogP) is 4.42. The van der Waals surface area contributed by atoms with Crippen molar-refractivity contribution in [3.63, 3.8) is 0 Å². The number of allylic oxidation sites excluding steroid dienone is 1. The molecule has 0 atom stereocenters. The van der Waals surface area contributed by atoms with Crippen LogP contribution in [0.15, 0.2) is 62.7 Å². The molecule has 4 nitrogen and oxygen atoms in total. The average Bonchev–Trinajstić information content (AvgIpc) is 2.99. The van der Waals surface area contributed by atoms with E-state index in [1.165, 1.54) is 0 Å². The van der Waals surface area contributed by atoms with Crippen LogP contribution >= 0.6 is 28.1 Å². The standard InChI is InChI=1S/C15H14BrN3OS/c1-11(4-9-14-3-2-10-20-14)18-19-15(21)17-13-7-5-12(16)6-8-13/h2-10H,1H3,(H2,17,19,21). The van der Waals surface area contributed by atoms with E-state index in [9.17, 15) is 0 Å². The number of thiocarbonyl (C=S) groups is 1. The Bertz CT molecular complexity index is 648. The third-order valence-electron chi connectivity index (χ3n) is 2.47. The van der Waals surface area contributed by atoms with Gasteiger partial charge in [0, 0.05) is 10.2 Å². The summed E-state index contributed by atoms with van der Waals surface area (Å²) < 4.78 is 6.21. The van der Waals surface area contributed by atoms with E-state index >= 15 is 0 Å². The molecule has 0 aliphatic rings. The van der Waals surface area contributed by atoms with Gasteiger partial charge in [0.1, 0.15) is 5.76 Å². The van der Waals surface area contributed by atoms with Crippen LogP contribution in [-0.4, -0.2) is 10.8 Å². The highest BCUT2D eigenvalue weighted by molar-refractivity contribution is 9.10. The summed E-state index contributed by atoms with van der Waals surface area (Å²) in [4.78, 5) is 0. The van der Waals surface area contributed by atoms with E-state index in [0.29, 0.717) is 5.11 Å². The van der Waals surface area contributed by atoms with Crippen molar-refractivity contribution in [3.8, 4) is 0 Å². The van der Waals surface area contributed by atoms with Gasteiger partial charge in [0.25, 0.3) is 0 Å². The third kappa shape index (κ3) is 5.53. The number of furan rings is 1. The second-order valence-electron chi connectivity index (χ2n) is 4.17. The number of benzene rings is 1. The van der Waals surface area contributed by atoms with Gasteiger partial charge in [-0.1, -0.05) is 15.9 Å². The first-order valence-electron chi connectivity index (χ1n) is 6.22. The number of anilines is 1. The molecule has 1 aromatic heterocycles. The Morgan fingerprint density at radius 2 is 2.05 bits per heavy atom. The van der Waals surface area contributed by atoms with Crippen LogP contribution in [0.4, 0.5) is 5.69 Å². The molecule has 2 N–H and O–H groups in total. The second kappa shape index (κ2) is 7.75. The molecule has 108 valence electrons. The lowest BCUT2D eigenvalue weighted by Crippen LogP contribution is -2.24. The number of rotatable bonds is 4. The maximum atomic E-state index is 5.19. The van der Waals surface area contributed by atoms with E-state index < -0.39 is 0 Å². The average molecular weight is 364 g/mol. The molecule has 0 saturated heterocycles. The van der Waals surface area contributed by atoms with Gasteiger partial charge in [0.2, 0.25) is 0 Å². The van der Waals surface area contributed by atoms with Gasteiger partial charge in [-0.2, -0.15) is 5.10 Å². The highest BCUT2D eigenvalue weighted by Crippen LogP contribution is 2.13. The molecule has 1 heterocycles. The first-order chi connectivity index (χ1) is 10.1. The van der Waals surface area contributed by atoms with Crippen LogP contribution in [0.5, 0.6) is 0 Å². The molecular weight excluding hydrogens is 350 g/mol. The van der Waals surface area contributed by atoms with Crippen LogP contribution in [-0.2, 0) is 0 Å². The molecule has 2 aromatic rings. The van der Waals surface area contributed by atoms with Crippen molar-refractivity contribution >= 4 is 50.7 Å². The highest BCUT2D eigenvalue weighted by Gasteiger charge is 1.96. The highest BCUT2D eigenvalue weighted by atomic mass is 79.9. The Balaban J connectivity index is 1.84. The van der Waals surface area contributed by atoms with Crippen molar-refractivity contribution in [2.45, 2.75) is 6.92 Å². The van der Waals surface area contributed by atoms with Crippen LogP contribution in [0, 0.1) is 0 Å². The van der Waals surface area contributed by atoms with Gasteiger partial charge >= 0.3 is 0 Å².